The maximum atomic E-state index is 9.86. The van der Waals surface area contributed by atoms with E-state index in [0.717, 1.165) is 5.56 Å². The van der Waals surface area contributed by atoms with Gasteiger partial charge in [0.15, 0.2) is 0 Å². The average Bonchev–Trinajstić information content (AvgIpc) is 2.84. The molecule has 90 valence electrons. The normalized spacial score (nSPS) is 12.3. The summed E-state index contributed by atoms with van der Waals surface area (Å²) in [6, 6.07) is 5.30. The summed E-state index contributed by atoms with van der Waals surface area (Å²) < 4.78 is 0. The summed E-state index contributed by atoms with van der Waals surface area (Å²) in [7, 11) is 0. The highest BCUT2D eigenvalue weighted by atomic mass is 32.1. The van der Waals surface area contributed by atoms with Crippen molar-refractivity contribution in [1.82, 2.24) is 4.98 Å². The second kappa shape index (κ2) is 5.03. The van der Waals surface area contributed by atoms with Gasteiger partial charge in [0, 0.05) is 6.54 Å². The summed E-state index contributed by atoms with van der Waals surface area (Å²) in [6.07, 6.45) is -0.554. The lowest BCUT2D eigenvalue weighted by Gasteiger charge is -2.11. The minimum Gasteiger partial charge on any atom is -0.396 e. The zero-order chi connectivity index (χ0) is 12.3. The molecule has 0 aliphatic rings. The van der Waals surface area contributed by atoms with Crippen LogP contribution >= 0.6 is 11.3 Å². The van der Waals surface area contributed by atoms with Crippen molar-refractivity contribution in [2.45, 2.75) is 6.10 Å². The highest BCUT2D eigenvalue weighted by Gasteiger charge is 2.08. The molecule has 0 saturated carbocycles. The number of hydrogen-bond acceptors (Lipinski definition) is 6. The number of aromatic nitrogens is 1. The van der Waals surface area contributed by atoms with E-state index in [9.17, 15) is 5.11 Å². The monoisotopic (exact) mass is 250 g/mol. The van der Waals surface area contributed by atoms with Crippen LogP contribution in [-0.4, -0.2) is 16.6 Å². The van der Waals surface area contributed by atoms with E-state index in [1.54, 1.807) is 23.5 Å². The van der Waals surface area contributed by atoms with Gasteiger partial charge in [0.25, 0.3) is 0 Å². The van der Waals surface area contributed by atoms with Crippen LogP contribution in [0.1, 0.15) is 11.7 Å². The first-order valence-corrected chi connectivity index (χ1v) is 6.07. The Hall–Kier alpha value is -1.79. The lowest BCUT2D eigenvalue weighted by molar-refractivity contribution is 0.192. The molecule has 0 spiro atoms. The van der Waals surface area contributed by atoms with E-state index in [1.165, 1.54) is 0 Å². The topological polar surface area (TPSA) is 97.2 Å². The molecule has 0 amide bonds. The average molecular weight is 250 g/mol. The minimum absolute atomic E-state index is 0.292. The summed E-state index contributed by atoms with van der Waals surface area (Å²) in [5.74, 6) is 0.894. The van der Waals surface area contributed by atoms with Gasteiger partial charge in [-0.1, -0.05) is 0 Å². The van der Waals surface area contributed by atoms with Gasteiger partial charge in [-0.2, -0.15) is 11.3 Å². The van der Waals surface area contributed by atoms with Gasteiger partial charge in [0.05, 0.1) is 11.8 Å². The van der Waals surface area contributed by atoms with Crippen molar-refractivity contribution >= 4 is 28.7 Å². The molecule has 0 aromatic carbocycles. The largest absolute Gasteiger partial charge is 0.396 e. The first-order valence-electron chi connectivity index (χ1n) is 5.13. The quantitative estimate of drug-likeness (QED) is 0.658. The number of thiophene rings is 1. The van der Waals surface area contributed by atoms with Crippen LogP contribution in [0.25, 0.3) is 0 Å². The van der Waals surface area contributed by atoms with Crippen molar-refractivity contribution in [3.63, 3.8) is 0 Å². The van der Waals surface area contributed by atoms with Crippen molar-refractivity contribution in [3.8, 4) is 0 Å². The SMILES string of the molecule is Nc1ccc(NCC(O)c2ccsc2)nc1N. The Balaban J connectivity index is 1.96. The highest BCUT2D eigenvalue weighted by Crippen LogP contribution is 2.18. The van der Waals surface area contributed by atoms with Crippen molar-refractivity contribution in [1.29, 1.82) is 0 Å². The van der Waals surface area contributed by atoms with Crippen LogP contribution < -0.4 is 16.8 Å². The summed E-state index contributed by atoms with van der Waals surface area (Å²) >= 11 is 1.55. The fourth-order valence-corrected chi connectivity index (χ4v) is 2.07. The summed E-state index contributed by atoms with van der Waals surface area (Å²) in [5.41, 5.74) is 12.5. The fourth-order valence-electron chi connectivity index (χ4n) is 1.37. The zero-order valence-electron chi connectivity index (χ0n) is 9.13. The third kappa shape index (κ3) is 2.86. The summed E-state index contributed by atoms with van der Waals surface area (Å²) in [4.78, 5) is 4.06. The van der Waals surface area contributed by atoms with E-state index in [-0.39, 0.29) is 0 Å². The van der Waals surface area contributed by atoms with Crippen molar-refractivity contribution in [3.05, 3.63) is 34.5 Å². The van der Waals surface area contributed by atoms with Crippen LogP contribution in [0.4, 0.5) is 17.3 Å². The molecule has 0 radical (unpaired) electrons. The molecule has 0 aliphatic carbocycles. The van der Waals surface area contributed by atoms with E-state index in [1.807, 2.05) is 16.8 Å². The molecule has 2 aromatic heterocycles. The smallest absolute Gasteiger partial charge is 0.149 e. The Bertz CT molecular complexity index is 486. The minimum atomic E-state index is -0.554. The second-order valence-electron chi connectivity index (χ2n) is 3.62. The van der Waals surface area contributed by atoms with Gasteiger partial charge in [-0.05, 0) is 34.5 Å². The van der Waals surface area contributed by atoms with Crippen molar-refractivity contribution < 1.29 is 5.11 Å². The molecule has 0 aliphatic heterocycles. The van der Waals surface area contributed by atoms with Crippen LogP contribution in [0, 0.1) is 0 Å². The van der Waals surface area contributed by atoms with Crippen molar-refractivity contribution in [2.24, 2.45) is 0 Å². The molecular formula is C11H14N4OS. The lowest BCUT2D eigenvalue weighted by atomic mass is 10.2. The van der Waals surface area contributed by atoms with Crippen LogP contribution in [0.5, 0.6) is 0 Å². The molecule has 17 heavy (non-hydrogen) atoms. The van der Waals surface area contributed by atoms with E-state index in [2.05, 4.69) is 10.3 Å². The number of pyridine rings is 1. The summed E-state index contributed by atoms with van der Waals surface area (Å²) in [5, 5.41) is 16.7. The Labute approximate surface area is 103 Å². The fraction of sp³-hybridized carbons (Fsp3) is 0.182. The third-order valence-corrected chi connectivity index (χ3v) is 3.06. The van der Waals surface area contributed by atoms with E-state index >= 15 is 0 Å². The molecule has 1 unspecified atom stereocenters. The number of aliphatic hydroxyl groups excluding tert-OH is 1. The molecule has 2 rings (SSSR count). The van der Waals surface area contributed by atoms with E-state index in [4.69, 9.17) is 11.5 Å². The molecule has 1 atom stereocenters. The van der Waals surface area contributed by atoms with Gasteiger partial charge in [-0.25, -0.2) is 4.98 Å². The van der Waals surface area contributed by atoms with Gasteiger partial charge in [-0.3, -0.25) is 0 Å². The Morgan fingerprint density at radius 3 is 2.82 bits per heavy atom. The highest BCUT2D eigenvalue weighted by molar-refractivity contribution is 7.07. The maximum Gasteiger partial charge on any atom is 0.149 e. The van der Waals surface area contributed by atoms with Crippen LogP contribution in [0.3, 0.4) is 0 Å². The predicted molar refractivity (Wildman–Crippen MR) is 70.8 cm³/mol. The second-order valence-corrected chi connectivity index (χ2v) is 4.40. The number of aliphatic hydroxyl groups is 1. The van der Waals surface area contributed by atoms with Crippen LogP contribution in [-0.2, 0) is 0 Å². The molecule has 6 N–H and O–H groups in total. The molecule has 0 bridgehead atoms. The number of rotatable bonds is 4. The van der Waals surface area contributed by atoms with Crippen LogP contribution in [0.15, 0.2) is 29.0 Å². The maximum absolute atomic E-state index is 9.86. The number of nitrogens with zero attached hydrogens (tertiary/aromatic N) is 1. The van der Waals surface area contributed by atoms with Gasteiger partial charge in [0.1, 0.15) is 11.6 Å². The van der Waals surface area contributed by atoms with Gasteiger partial charge >= 0.3 is 0 Å². The zero-order valence-corrected chi connectivity index (χ0v) is 9.95. The number of nitrogens with two attached hydrogens (primary N) is 2. The molecular weight excluding hydrogens is 236 g/mol. The van der Waals surface area contributed by atoms with Gasteiger partial charge < -0.3 is 21.9 Å². The number of nitrogen functional groups attached to an aromatic ring is 2. The number of anilines is 3. The standard InChI is InChI=1S/C11H14N4OS/c12-8-1-2-10(15-11(8)13)14-5-9(16)7-3-4-17-6-7/h1-4,6,9,16H,5,12H2,(H3,13,14,15). The Morgan fingerprint density at radius 2 is 2.18 bits per heavy atom. The summed E-state index contributed by atoms with van der Waals surface area (Å²) in [6.45, 7) is 0.382. The molecule has 0 fully saturated rings. The lowest BCUT2D eigenvalue weighted by Crippen LogP contribution is -2.13. The Kier molecular flexibility index (Phi) is 3.46. The van der Waals surface area contributed by atoms with Crippen molar-refractivity contribution in [2.75, 3.05) is 23.3 Å². The van der Waals surface area contributed by atoms with E-state index in [0.29, 0.717) is 23.9 Å². The number of nitrogens with one attached hydrogen (secondary N) is 1. The van der Waals surface area contributed by atoms with E-state index < -0.39 is 6.10 Å². The molecule has 0 saturated heterocycles. The third-order valence-electron chi connectivity index (χ3n) is 2.36. The number of hydrogen-bond donors (Lipinski definition) is 4. The first kappa shape index (κ1) is 11.7. The van der Waals surface area contributed by atoms with Crippen LogP contribution in [0.2, 0.25) is 0 Å². The van der Waals surface area contributed by atoms with Gasteiger partial charge in [0.2, 0.25) is 0 Å². The first-order chi connectivity index (χ1) is 8.16. The molecule has 2 heterocycles. The molecule has 2 aromatic rings. The molecule has 5 nitrogen and oxygen atoms in total. The Morgan fingerprint density at radius 1 is 1.35 bits per heavy atom. The molecule has 6 heteroatoms. The predicted octanol–water partition coefficient (Wildman–Crippen LogP) is 1.45. The van der Waals surface area contributed by atoms with Gasteiger partial charge in [-0.15, -0.1) is 0 Å².